The van der Waals surface area contributed by atoms with E-state index >= 15 is 0 Å². The summed E-state index contributed by atoms with van der Waals surface area (Å²) in [4.78, 5) is 5.05. The molecule has 0 atom stereocenters. The van der Waals surface area contributed by atoms with Gasteiger partial charge in [0.1, 0.15) is 18.5 Å². The first-order valence-electron chi connectivity index (χ1n) is 11.0. The van der Waals surface area contributed by atoms with Crippen LogP contribution < -0.4 is 26.3 Å². The van der Waals surface area contributed by atoms with Gasteiger partial charge in [-0.15, -0.1) is 0 Å². The Hall–Kier alpha value is -3.55. The van der Waals surface area contributed by atoms with Gasteiger partial charge in [-0.05, 0) is 35.2 Å². The number of benzene rings is 2. The summed E-state index contributed by atoms with van der Waals surface area (Å²) in [6.45, 7) is 2.81. The highest BCUT2D eigenvalue weighted by atomic mass is 79.9. The summed E-state index contributed by atoms with van der Waals surface area (Å²) in [7, 11) is 0. The Bertz CT molecular complexity index is 1330. The number of ether oxygens (including phenoxy) is 1. The predicted molar refractivity (Wildman–Crippen MR) is 128 cm³/mol. The quantitative estimate of drug-likeness (QED) is 0.376. The van der Waals surface area contributed by atoms with Gasteiger partial charge >= 0.3 is 5.84 Å². The summed E-state index contributed by atoms with van der Waals surface area (Å²) in [6.07, 6.45) is 3.72. The van der Waals surface area contributed by atoms with Gasteiger partial charge in [-0.3, -0.25) is 0 Å². The Morgan fingerprint density at radius 1 is 0.971 bits per heavy atom. The van der Waals surface area contributed by atoms with E-state index in [-0.39, 0.29) is 23.6 Å². The molecule has 0 spiro atoms. The van der Waals surface area contributed by atoms with Crippen LogP contribution in [0.15, 0.2) is 96.2 Å². The van der Waals surface area contributed by atoms with Crippen molar-refractivity contribution >= 4 is 22.7 Å². The van der Waals surface area contributed by atoms with Crippen LogP contribution >= 0.6 is 0 Å². The van der Waals surface area contributed by atoms with Gasteiger partial charge in [-0.25, -0.2) is 4.68 Å². The van der Waals surface area contributed by atoms with Crippen molar-refractivity contribution in [2.75, 3.05) is 6.61 Å². The molecule has 34 heavy (non-hydrogen) atoms. The summed E-state index contributed by atoms with van der Waals surface area (Å²) >= 11 is 0. The molecule has 7 heteroatoms. The molecule has 4 aromatic rings. The molecule has 0 fully saturated rings. The highest BCUT2D eigenvalue weighted by molar-refractivity contribution is 6.28. The zero-order chi connectivity index (χ0) is 22.6. The van der Waals surface area contributed by atoms with E-state index in [9.17, 15) is 5.11 Å². The van der Waals surface area contributed by atoms with Gasteiger partial charge in [0.25, 0.3) is 11.6 Å². The van der Waals surface area contributed by atoms with Crippen LogP contribution in [-0.2, 0) is 13.2 Å². The Kier molecular flexibility index (Phi) is 7.35. The molecule has 1 N–H and O–H groups in total. The number of allylic oxidation sites excluding steroid dienone is 2. The number of aromatic nitrogens is 3. The van der Waals surface area contributed by atoms with Crippen LogP contribution in [0.1, 0.15) is 23.7 Å². The van der Waals surface area contributed by atoms with E-state index in [1.54, 1.807) is 10.9 Å². The minimum Gasteiger partial charge on any atom is -1.00 e. The number of halogens is 1. The van der Waals surface area contributed by atoms with Gasteiger partial charge in [-0.1, -0.05) is 66.7 Å². The molecule has 0 saturated carbocycles. The van der Waals surface area contributed by atoms with E-state index in [1.165, 1.54) is 0 Å². The van der Waals surface area contributed by atoms with Gasteiger partial charge in [0.05, 0.1) is 24.9 Å². The van der Waals surface area contributed by atoms with E-state index in [1.807, 2.05) is 66.9 Å². The largest absolute Gasteiger partial charge is 1.00 e. The first kappa shape index (κ1) is 23.6. The van der Waals surface area contributed by atoms with E-state index in [0.29, 0.717) is 24.7 Å². The maximum atomic E-state index is 9.51. The molecule has 1 aliphatic heterocycles. The number of fused-ring (bicyclic) bond motifs is 1. The van der Waals surface area contributed by atoms with Crippen molar-refractivity contribution in [1.29, 1.82) is 0 Å². The molecule has 2 aromatic carbocycles. The molecule has 5 rings (SSSR count). The van der Waals surface area contributed by atoms with Crippen LogP contribution in [0.4, 0.5) is 5.69 Å². The molecule has 2 aromatic heterocycles. The molecule has 0 radical (unpaired) electrons. The Labute approximate surface area is 209 Å². The van der Waals surface area contributed by atoms with Gasteiger partial charge in [0, 0.05) is 5.57 Å². The van der Waals surface area contributed by atoms with E-state index in [4.69, 9.17) is 9.73 Å². The number of rotatable bonds is 7. The topological polar surface area (TPSA) is 63.5 Å². The fourth-order valence-electron chi connectivity index (χ4n) is 4.09. The van der Waals surface area contributed by atoms with Crippen LogP contribution in [0.3, 0.4) is 0 Å². The van der Waals surface area contributed by atoms with Crippen LogP contribution in [0.5, 0.6) is 5.88 Å². The Morgan fingerprint density at radius 3 is 2.41 bits per heavy atom. The average molecular weight is 517 g/mol. The maximum absolute atomic E-state index is 9.51. The molecule has 172 valence electrons. The minimum absolute atomic E-state index is 0. The number of pyridine rings is 1. The Balaban J connectivity index is 0.00000274. The molecule has 0 amide bonds. The second-order valence-corrected chi connectivity index (χ2v) is 7.81. The van der Waals surface area contributed by atoms with Gasteiger partial charge in [0.2, 0.25) is 0 Å². The number of hydrogen-bond donors (Lipinski definition) is 1. The number of aliphatic hydroxyl groups excluding tert-OH is 1. The lowest BCUT2D eigenvalue weighted by atomic mass is 10.0. The smallest absolute Gasteiger partial charge is 0.337 e. The summed E-state index contributed by atoms with van der Waals surface area (Å²) in [5.74, 6) is 1.36. The molecule has 0 bridgehead atoms. The molecular formula is C27H25BrN4O2. The van der Waals surface area contributed by atoms with E-state index in [0.717, 1.165) is 33.8 Å². The molecular weight excluding hydrogens is 492 g/mol. The first-order chi connectivity index (χ1) is 16.3. The Morgan fingerprint density at radius 2 is 1.68 bits per heavy atom. The normalized spacial score (nSPS) is 13.6. The van der Waals surface area contributed by atoms with Crippen molar-refractivity contribution in [3.8, 4) is 5.88 Å². The summed E-state index contributed by atoms with van der Waals surface area (Å²) in [5, 5.41) is 13.9. The zero-order valence-corrected chi connectivity index (χ0v) is 20.4. The predicted octanol–water partition coefficient (Wildman–Crippen LogP) is 1.27. The zero-order valence-electron chi connectivity index (χ0n) is 18.8. The monoisotopic (exact) mass is 516 g/mol. The number of nitrogens with zero attached hydrogens (tertiary/aromatic N) is 4. The van der Waals surface area contributed by atoms with Crippen molar-refractivity contribution < 1.29 is 31.4 Å². The lowest BCUT2D eigenvalue weighted by Gasteiger charge is -2.08. The van der Waals surface area contributed by atoms with Crippen LogP contribution in [0, 0.1) is 0 Å². The van der Waals surface area contributed by atoms with E-state index < -0.39 is 0 Å². The fourth-order valence-corrected chi connectivity index (χ4v) is 4.09. The average Bonchev–Trinajstić information content (AvgIpc) is 3.37. The van der Waals surface area contributed by atoms with E-state index in [2.05, 4.69) is 34.8 Å². The van der Waals surface area contributed by atoms with Crippen LogP contribution in [-0.4, -0.2) is 27.3 Å². The molecule has 0 unspecified atom stereocenters. The van der Waals surface area contributed by atoms with Gasteiger partial charge < -0.3 is 26.8 Å². The third kappa shape index (κ3) is 4.58. The maximum Gasteiger partial charge on any atom is 0.337 e. The van der Waals surface area contributed by atoms with Crippen molar-refractivity contribution in [3.05, 3.63) is 108 Å². The number of aliphatic imine (C=N–C) groups is 1. The molecule has 0 saturated heterocycles. The SMILES string of the molecule is CC1=C(c2ccccc2)C(=Nc2cnn(CCO)c2OCc2ccccc2)[n+]2ccccc21.[Br-]. The van der Waals surface area contributed by atoms with Crippen molar-refractivity contribution in [1.82, 2.24) is 9.78 Å². The highest BCUT2D eigenvalue weighted by Gasteiger charge is 2.34. The standard InChI is InChI=1S/C27H25N4O2.BrH/c1-20-24-14-8-9-15-30(24)26(25(20)22-12-6-3-7-13-22)29-23-18-28-31(16-17-32)27(23)33-19-21-10-4-2-5-11-21;/h2-15,18,32H,16-17,19H2,1H3;1H/q+1;/p-1. The minimum atomic E-state index is -0.0365. The number of aliphatic hydroxyl groups is 1. The second-order valence-electron chi connectivity index (χ2n) is 7.81. The van der Waals surface area contributed by atoms with Crippen LogP contribution in [0.25, 0.3) is 11.1 Å². The lowest BCUT2D eigenvalue weighted by Crippen LogP contribution is -3.00. The third-order valence-corrected chi connectivity index (χ3v) is 5.66. The van der Waals surface area contributed by atoms with Crippen molar-refractivity contribution in [2.24, 2.45) is 4.99 Å². The molecule has 3 heterocycles. The molecule has 1 aliphatic rings. The summed E-state index contributed by atoms with van der Waals surface area (Å²) in [5.41, 5.74) is 6.12. The first-order valence-corrected chi connectivity index (χ1v) is 11.0. The third-order valence-electron chi connectivity index (χ3n) is 5.66. The molecule has 6 nitrogen and oxygen atoms in total. The second kappa shape index (κ2) is 10.6. The van der Waals surface area contributed by atoms with Crippen molar-refractivity contribution in [2.45, 2.75) is 20.1 Å². The van der Waals surface area contributed by atoms with Gasteiger partial charge in [0.15, 0.2) is 0 Å². The summed E-state index contributed by atoms with van der Waals surface area (Å²) in [6, 6.07) is 26.4. The molecule has 0 aliphatic carbocycles. The van der Waals surface area contributed by atoms with Crippen molar-refractivity contribution in [3.63, 3.8) is 0 Å². The number of hydrogen-bond acceptors (Lipinski definition) is 4. The highest BCUT2D eigenvalue weighted by Crippen LogP contribution is 2.34. The fraction of sp³-hybridized carbons (Fsp3) is 0.148. The van der Waals surface area contributed by atoms with Crippen LogP contribution in [0.2, 0.25) is 0 Å². The lowest BCUT2D eigenvalue weighted by molar-refractivity contribution is -0.553. The summed E-state index contributed by atoms with van der Waals surface area (Å²) < 4.78 is 9.93. The van der Waals surface area contributed by atoms with Gasteiger partial charge in [-0.2, -0.15) is 9.67 Å².